The van der Waals surface area contributed by atoms with E-state index < -0.39 is 42.9 Å². The van der Waals surface area contributed by atoms with Crippen molar-refractivity contribution in [1.82, 2.24) is 0 Å². The Balaban J connectivity index is 1.76. The number of non-ortho nitro benzene ring substituents is 1. The zero-order valence-electron chi connectivity index (χ0n) is 19.6. The molecule has 0 N–H and O–H groups in total. The van der Waals surface area contributed by atoms with Gasteiger partial charge in [0.1, 0.15) is 0 Å². The first-order valence-corrected chi connectivity index (χ1v) is 13.8. The van der Waals surface area contributed by atoms with Gasteiger partial charge in [-0.1, -0.05) is 66.2 Å². The van der Waals surface area contributed by atoms with Crippen LogP contribution in [0.25, 0.3) is 0 Å². The first-order valence-electron chi connectivity index (χ1n) is 11.4. The Kier molecular flexibility index (Phi) is 6.13. The molecular weight excluding hydrogens is 510 g/mol. The average molecular weight is 532 g/mol. The van der Waals surface area contributed by atoms with E-state index in [1.165, 1.54) is 59.9 Å². The molecule has 5 rings (SSSR count). The van der Waals surface area contributed by atoms with E-state index >= 15 is 0 Å². The molecule has 0 amide bonds. The highest BCUT2D eigenvalue weighted by Gasteiger charge is 2.79. The number of ketones is 2. The number of thiophene rings is 1. The molecule has 0 unspecified atom stereocenters. The van der Waals surface area contributed by atoms with Gasteiger partial charge in [0.05, 0.1) is 20.6 Å². The van der Waals surface area contributed by atoms with Gasteiger partial charge in [-0.2, -0.15) is 0 Å². The zero-order chi connectivity index (χ0) is 26.4. The van der Waals surface area contributed by atoms with Crippen molar-refractivity contribution < 1.29 is 22.9 Å². The highest BCUT2D eigenvalue weighted by atomic mass is 32.2. The monoisotopic (exact) mass is 531 g/mol. The summed E-state index contributed by atoms with van der Waals surface area (Å²) in [5.74, 6) is -3.35. The SMILES string of the molecule is Cc1ccc(S(=O)(=O)[C@@]2(C(=O)c3ccccc3)[C@H](C(=O)c3cccs3)[C@H]2c2ccc([N+](=O)[O-])cc2)cc1. The second-order valence-electron chi connectivity index (χ2n) is 8.95. The van der Waals surface area contributed by atoms with Crippen LogP contribution in [0, 0.1) is 23.0 Å². The molecule has 4 aromatic rings. The van der Waals surface area contributed by atoms with Crippen LogP contribution in [0.3, 0.4) is 0 Å². The summed E-state index contributed by atoms with van der Waals surface area (Å²) in [5, 5.41) is 12.9. The molecule has 3 aromatic carbocycles. The molecule has 7 nitrogen and oxygen atoms in total. The number of nitro groups is 1. The van der Waals surface area contributed by atoms with Crippen molar-refractivity contribution in [2.24, 2.45) is 5.92 Å². The number of nitrogens with zero attached hydrogens (tertiary/aromatic N) is 1. The topological polar surface area (TPSA) is 111 Å². The molecular formula is C28H21NO6S2. The van der Waals surface area contributed by atoms with Gasteiger partial charge in [-0.15, -0.1) is 11.3 Å². The summed E-state index contributed by atoms with van der Waals surface area (Å²) in [4.78, 5) is 39.0. The number of Topliss-reactive ketones (excluding diaryl/α,β-unsaturated/α-hetero) is 2. The van der Waals surface area contributed by atoms with Crippen molar-refractivity contribution in [3.8, 4) is 0 Å². The van der Waals surface area contributed by atoms with Crippen LogP contribution in [0.15, 0.2) is 101 Å². The minimum atomic E-state index is -4.40. The summed E-state index contributed by atoms with van der Waals surface area (Å²) in [7, 11) is -4.40. The Morgan fingerprint density at radius 3 is 2.11 bits per heavy atom. The van der Waals surface area contributed by atoms with Crippen LogP contribution in [0.1, 0.15) is 37.1 Å². The molecule has 1 saturated carbocycles. The van der Waals surface area contributed by atoms with Crippen molar-refractivity contribution in [2.45, 2.75) is 22.5 Å². The van der Waals surface area contributed by atoms with Crippen LogP contribution in [0.5, 0.6) is 0 Å². The molecule has 1 aliphatic carbocycles. The zero-order valence-corrected chi connectivity index (χ0v) is 21.2. The minimum Gasteiger partial charge on any atom is -0.293 e. The number of sulfone groups is 1. The number of carbonyl (C=O) groups excluding carboxylic acids is 2. The molecule has 0 radical (unpaired) electrons. The molecule has 186 valence electrons. The number of carbonyl (C=O) groups is 2. The summed E-state index contributed by atoms with van der Waals surface area (Å²) in [6.07, 6.45) is 0. The highest BCUT2D eigenvalue weighted by Crippen LogP contribution is 2.66. The summed E-state index contributed by atoms with van der Waals surface area (Å²) in [6.45, 7) is 1.82. The number of nitro benzene ring substituents is 1. The summed E-state index contributed by atoms with van der Waals surface area (Å²) in [6, 6.07) is 22.9. The van der Waals surface area contributed by atoms with E-state index in [-0.39, 0.29) is 16.1 Å². The Bertz CT molecular complexity index is 1600. The molecule has 0 bridgehead atoms. The second-order valence-corrected chi connectivity index (χ2v) is 12.1. The molecule has 1 fully saturated rings. The standard InChI is InChI=1S/C28H21NO6S2/c1-18-9-15-22(16-10-18)37(34,35)28(27(31)20-6-3-2-4-7-20)24(19-11-13-21(14-12-19)29(32)33)25(28)26(30)23-8-5-17-36-23/h2-17,24-25H,1H3/t24-,25+,28-/m1/s1. The van der Waals surface area contributed by atoms with Gasteiger partial charge in [-0.3, -0.25) is 19.7 Å². The van der Waals surface area contributed by atoms with Gasteiger partial charge in [-0.05, 0) is 36.1 Å². The molecule has 0 saturated heterocycles. The maximum Gasteiger partial charge on any atom is 0.269 e. The van der Waals surface area contributed by atoms with Crippen LogP contribution in [0.2, 0.25) is 0 Å². The fourth-order valence-electron chi connectivity index (χ4n) is 4.99. The molecule has 1 heterocycles. The Hall–Kier alpha value is -3.95. The van der Waals surface area contributed by atoms with Gasteiger partial charge < -0.3 is 0 Å². The predicted octanol–water partition coefficient (Wildman–Crippen LogP) is 5.66. The van der Waals surface area contributed by atoms with Gasteiger partial charge in [0, 0.05) is 23.6 Å². The smallest absolute Gasteiger partial charge is 0.269 e. The molecule has 9 heteroatoms. The van der Waals surface area contributed by atoms with E-state index in [0.717, 1.165) is 5.56 Å². The Labute approximate surface area is 217 Å². The third kappa shape index (κ3) is 3.91. The maximum atomic E-state index is 14.4. The first kappa shape index (κ1) is 24.7. The Morgan fingerprint density at radius 1 is 0.892 bits per heavy atom. The van der Waals surface area contributed by atoms with Crippen molar-refractivity contribution in [2.75, 3.05) is 0 Å². The number of benzene rings is 3. The number of rotatable bonds is 8. The lowest BCUT2D eigenvalue weighted by Gasteiger charge is -2.19. The lowest BCUT2D eigenvalue weighted by Crippen LogP contribution is -2.38. The van der Waals surface area contributed by atoms with Crippen LogP contribution < -0.4 is 0 Å². The van der Waals surface area contributed by atoms with Gasteiger partial charge in [0.2, 0.25) is 0 Å². The fourth-order valence-corrected chi connectivity index (χ4v) is 8.06. The van der Waals surface area contributed by atoms with Crippen LogP contribution >= 0.6 is 11.3 Å². The van der Waals surface area contributed by atoms with Crippen molar-refractivity contribution in [1.29, 1.82) is 0 Å². The molecule has 37 heavy (non-hydrogen) atoms. The minimum absolute atomic E-state index is 0.0595. The summed E-state index contributed by atoms with van der Waals surface area (Å²) < 4.78 is 26.7. The average Bonchev–Trinajstić information content (AvgIpc) is 3.32. The Morgan fingerprint density at radius 2 is 1.54 bits per heavy atom. The molecule has 1 aliphatic rings. The van der Waals surface area contributed by atoms with E-state index in [4.69, 9.17) is 0 Å². The highest BCUT2D eigenvalue weighted by molar-refractivity contribution is 7.94. The number of aryl methyl sites for hydroxylation is 1. The van der Waals surface area contributed by atoms with Crippen LogP contribution in [0.4, 0.5) is 5.69 Å². The van der Waals surface area contributed by atoms with Crippen molar-refractivity contribution in [3.05, 3.63) is 128 Å². The molecule has 0 aliphatic heterocycles. The number of hydrogen-bond acceptors (Lipinski definition) is 7. The van der Waals surface area contributed by atoms with E-state index in [0.29, 0.717) is 10.4 Å². The lowest BCUT2D eigenvalue weighted by atomic mass is 10.0. The predicted molar refractivity (Wildman–Crippen MR) is 140 cm³/mol. The fraction of sp³-hybridized carbons (Fsp3) is 0.143. The van der Waals surface area contributed by atoms with Gasteiger partial charge in [-0.25, -0.2) is 8.42 Å². The van der Waals surface area contributed by atoms with Gasteiger partial charge in [0.25, 0.3) is 5.69 Å². The maximum absolute atomic E-state index is 14.4. The number of hydrogen-bond donors (Lipinski definition) is 0. The molecule has 1 aromatic heterocycles. The molecule has 0 spiro atoms. The van der Waals surface area contributed by atoms with Crippen molar-refractivity contribution in [3.63, 3.8) is 0 Å². The van der Waals surface area contributed by atoms with E-state index in [2.05, 4.69) is 0 Å². The third-order valence-corrected chi connectivity index (χ3v) is 10.2. The van der Waals surface area contributed by atoms with E-state index in [1.807, 2.05) is 6.92 Å². The van der Waals surface area contributed by atoms with E-state index in [1.54, 1.807) is 47.8 Å². The van der Waals surface area contributed by atoms with Gasteiger partial charge >= 0.3 is 0 Å². The van der Waals surface area contributed by atoms with E-state index in [9.17, 15) is 28.1 Å². The van der Waals surface area contributed by atoms with Gasteiger partial charge in [0.15, 0.2) is 26.2 Å². The van der Waals surface area contributed by atoms with Crippen molar-refractivity contribution >= 4 is 38.4 Å². The first-order chi connectivity index (χ1) is 17.7. The quantitative estimate of drug-likeness (QED) is 0.165. The largest absolute Gasteiger partial charge is 0.293 e. The summed E-state index contributed by atoms with van der Waals surface area (Å²) >= 11 is 1.17. The second kappa shape index (κ2) is 9.17. The lowest BCUT2D eigenvalue weighted by molar-refractivity contribution is -0.384. The molecule has 3 atom stereocenters. The summed E-state index contributed by atoms with van der Waals surface area (Å²) in [5.41, 5.74) is 1.22. The third-order valence-electron chi connectivity index (χ3n) is 6.82. The van der Waals surface area contributed by atoms with Crippen LogP contribution in [-0.2, 0) is 9.84 Å². The van der Waals surface area contributed by atoms with Crippen LogP contribution in [-0.4, -0.2) is 29.7 Å². The normalized spacial score (nSPS) is 20.8.